The number of carbonyl (C=O) groups is 5. The Kier molecular flexibility index (Phi) is 9.18. The van der Waals surface area contributed by atoms with Crippen LogP contribution in [0.1, 0.15) is 91.4 Å². The summed E-state index contributed by atoms with van der Waals surface area (Å²) < 4.78 is 0. The smallest absolute Gasteiger partial charge is 0.335 e. The van der Waals surface area contributed by atoms with Gasteiger partial charge in [0.2, 0.25) is 5.91 Å². The van der Waals surface area contributed by atoms with E-state index in [9.17, 15) is 44.3 Å². The van der Waals surface area contributed by atoms with Crippen LogP contribution in [0, 0.1) is 33.3 Å². The van der Waals surface area contributed by atoms with Gasteiger partial charge in [-0.25, -0.2) is 9.59 Å². The van der Waals surface area contributed by atoms with Crippen LogP contribution < -0.4 is 16.0 Å². The van der Waals surface area contributed by atoms with Crippen molar-refractivity contribution in [2.75, 3.05) is 18.4 Å². The van der Waals surface area contributed by atoms with E-state index >= 15 is 0 Å². The Balaban J connectivity index is 1.20. The topological polar surface area (TPSA) is 205 Å². The maximum absolute atomic E-state index is 13.6. The molecule has 4 bridgehead atoms. The summed E-state index contributed by atoms with van der Waals surface area (Å²) >= 11 is 0. The highest BCUT2D eigenvalue weighted by atomic mass is 16.6. The second-order valence-corrected chi connectivity index (χ2v) is 13.7. The summed E-state index contributed by atoms with van der Waals surface area (Å²) in [6, 6.07) is 15.1. The maximum Gasteiger partial charge on any atom is 0.335 e. The number of benzene rings is 3. The molecule has 0 saturated heterocycles. The summed E-state index contributed by atoms with van der Waals surface area (Å²) in [6.07, 6.45) is 6.85. The van der Waals surface area contributed by atoms with E-state index < -0.39 is 40.5 Å². The van der Waals surface area contributed by atoms with Crippen LogP contribution in [0.3, 0.4) is 0 Å². The van der Waals surface area contributed by atoms with Crippen molar-refractivity contribution in [3.63, 3.8) is 0 Å². The molecule has 7 rings (SSSR count). The van der Waals surface area contributed by atoms with E-state index in [1.165, 1.54) is 25.3 Å². The van der Waals surface area contributed by atoms with Crippen LogP contribution >= 0.6 is 0 Å². The van der Waals surface area contributed by atoms with Crippen molar-refractivity contribution in [3.8, 4) is 0 Å². The van der Waals surface area contributed by atoms with Crippen molar-refractivity contribution in [1.29, 1.82) is 0 Å². The summed E-state index contributed by atoms with van der Waals surface area (Å²) in [5, 5.41) is 38.7. The molecule has 0 spiro atoms. The molecule has 4 aliphatic carbocycles. The van der Waals surface area contributed by atoms with Gasteiger partial charge in [-0.15, -0.1) is 0 Å². The third kappa shape index (κ3) is 7.30. The summed E-state index contributed by atoms with van der Waals surface area (Å²) in [5.74, 6) is -3.79. The van der Waals surface area contributed by atoms with Crippen LogP contribution in [0.5, 0.6) is 0 Å². The van der Waals surface area contributed by atoms with Crippen molar-refractivity contribution in [2.45, 2.75) is 44.4 Å². The van der Waals surface area contributed by atoms with Crippen LogP contribution in [-0.2, 0) is 4.79 Å². The van der Waals surface area contributed by atoms with Crippen LogP contribution in [0.4, 0.5) is 11.4 Å². The summed E-state index contributed by atoms with van der Waals surface area (Å²) in [6.45, 7) is 0.159. The number of carbonyl (C=O) groups excluding carboxylic acids is 3. The standard InChI is InChI=1S/C36H36N4O9/c41-31(37-18-30(23-4-2-1-3-5-23)33(43)39-26-12-24(34(44)45)11-25(13-26)35(46)47)28-7-6-27(40(48)49)14-29(28)32(42)38-19-36-15-20-8-21(16-36)10-22(9-20)17-36/h1-7,11-14,20-22,30H,8-10,15-19H2,(H,37,41)(H,38,42)(H,39,43)(H,44,45)(H,46,47). The first kappa shape index (κ1) is 33.3. The molecule has 13 heteroatoms. The molecule has 0 radical (unpaired) electrons. The van der Waals surface area contributed by atoms with Gasteiger partial charge < -0.3 is 26.2 Å². The normalized spacial score (nSPS) is 22.5. The second-order valence-electron chi connectivity index (χ2n) is 13.7. The van der Waals surface area contributed by atoms with Crippen molar-refractivity contribution < 1.29 is 39.1 Å². The first-order valence-electron chi connectivity index (χ1n) is 16.2. The highest BCUT2D eigenvalue weighted by molar-refractivity contribution is 6.08. The van der Waals surface area contributed by atoms with Gasteiger partial charge in [-0.3, -0.25) is 24.5 Å². The molecular weight excluding hydrogens is 632 g/mol. The van der Waals surface area contributed by atoms with Gasteiger partial charge in [0.05, 0.1) is 33.1 Å². The molecular formula is C36H36N4O9. The molecule has 1 atom stereocenters. The predicted molar refractivity (Wildman–Crippen MR) is 177 cm³/mol. The van der Waals surface area contributed by atoms with E-state index in [1.807, 2.05) is 0 Å². The van der Waals surface area contributed by atoms with Crippen LogP contribution in [-0.4, -0.2) is 57.9 Å². The Morgan fingerprint density at radius 2 is 1.35 bits per heavy atom. The molecule has 3 aromatic rings. The molecule has 3 aromatic carbocycles. The molecule has 1 unspecified atom stereocenters. The van der Waals surface area contributed by atoms with E-state index in [0.29, 0.717) is 29.9 Å². The van der Waals surface area contributed by atoms with Gasteiger partial charge in [0, 0.05) is 30.9 Å². The Labute approximate surface area is 281 Å². The van der Waals surface area contributed by atoms with Crippen molar-refractivity contribution >= 4 is 41.0 Å². The number of carboxylic acid groups (broad SMARTS) is 2. The highest BCUT2D eigenvalue weighted by Gasteiger charge is 2.50. The number of nitro groups is 1. The summed E-state index contributed by atoms with van der Waals surface area (Å²) in [5.41, 5.74) is -0.849. The number of rotatable bonds is 12. The lowest BCUT2D eigenvalue weighted by Gasteiger charge is -2.56. The van der Waals surface area contributed by atoms with Gasteiger partial charge in [-0.1, -0.05) is 30.3 Å². The Bertz CT molecular complexity index is 1770. The largest absolute Gasteiger partial charge is 0.478 e. The van der Waals surface area contributed by atoms with Crippen molar-refractivity contribution in [3.05, 3.63) is 105 Å². The average molecular weight is 669 g/mol. The van der Waals surface area contributed by atoms with E-state index in [-0.39, 0.29) is 45.6 Å². The Hall–Kier alpha value is -5.59. The molecule has 254 valence electrons. The fourth-order valence-corrected chi connectivity index (χ4v) is 8.41. The predicted octanol–water partition coefficient (Wildman–Crippen LogP) is 5.09. The molecule has 0 heterocycles. The zero-order valence-electron chi connectivity index (χ0n) is 26.5. The number of anilines is 1. The molecule has 3 amide bonds. The van der Waals surface area contributed by atoms with Gasteiger partial charge in [0.25, 0.3) is 17.5 Å². The summed E-state index contributed by atoms with van der Waals surface area (Å²) in [7, 11) is 0. The van der Waals surface area contributed by atoms with Crippen molar-refractivity contribution in [2.24, 2.45) is 23.2 Å². The van der Waals surface area contributed by atoms with Gasteiger partial charge in [0.1, 0.15) is 0 Å². The molecule has 0 aromatic heterocycles. The third-order valence-corrected chi connectivity index (χ3v) is 10.2. The minimum Gasteiger partial charge on any atom is -0.478 e. The molecule has 4 saturated carbocycles. The number of hydrogen-bond acceptors (Lipinski definition) is 7. The van der Waals surface area contributed by atoms with Gasteiger partial charge >= 0.3 is 11.9 Å². The molecule has 5 N–H and O–H groups in total. The number of nitrogens with zero attached hydrogens (tertiary/aromatic N) is 1. The van der Waals surface area contributed by atoms with Gasteiger partial charge in [-0.05, 0) is 91.5 Å². The second kappa shape index (κ2) is 13.5. The van der Waals surface area contributed by atoms with Crippen LogP contribution in [0.15, 0.2) is 66.7 Å². The molecule has 49 heavy (non-hydrogen) atoms. The Morgan fingerprint density at radius 1 is 0.776 bits per heavy atom. The van der Waals surface area contributed by atoms with E-state index in [2.05, 4.69) is 16.0 Å². The molecule has 4 fully saturated rings. The number of amides is 3. The third-order valence-electron chi connectivity index (χ3n) is 10.2. The monoisotopic (exact) mass is 668 g/mol. The lowest BCUT2D eigenvalue weighted by atomic mass is 9.49. The zero-order chi connectivity index (χ0) is 34.9. The lowest BCUT2D eigenvalue weighted by molar-refractivity contribution is -0.384. The average Bonchev–Trinajstić information content (AvgIpc) is 3.06. The molecule has 0 aliphatic heterocycles. The van der Waals surface area contributed by atoms with Gasteiger partial charge in [0.15, 0.2) is 0 Å². The number of nitrogens with one attached hydrogen (secondary N) is 3. The lowest BCUT2D eigenvalue weighted by Crippen LogP contribution is -2.51. The highest BCUT2D eigenvalue weighted by Crippen LogP contribution is 2.59. The number of non-ortho nitro benzene ring substituents is 1. The zero-order valence-corrected chi connectivity index (χ0v) is 26.5. The van der Waals surface area contributed by atoms with Gasteiger partial charge in [-0.2, -0.15) is 0 Å². The van der Waals surface area contributed by atoms with Crippen LogP contribution in [0.25, 0.3) is 0 Å². The number of carboxylic acids is 2. The first-order chi connectivity index (χ1) is 23.4. The quantitative estimate of drug-likeness (QED) is 0.129. The fraction of sp³-hybridized carbons (Fsp3) is 0.361. The molecule has 4 aliphatic rings. The first-order valence-corrected chi connectivity index (χ1v) is 16.2. The number of nitro benzene ring substituents is 1. The van der Waals surface area contributed by atoms with Crippen LogP contribution in [0.2, 0.25) is 0 Å². The fourth-order valence-electron chi connectivity index (χ4n) is 8.41. The van der Waals surface area contributed by atoms with E-state index in [1.54, 1.807) is 30.3 Å². The number of hydrogen-bond donors (Lipinski definition) is 5. The number of aromatic carboxylic acids is 2. The van der Waals surface area contributed by atoms with E-state index in [4.69, 9.17) is 0 Å². The summed E-state index contributed by atoms with van der Waals surface area (Å²) in [4.78, 5) is 74.9. The molecule has 13 nitrogen and oxygen atoms in total. The SMILES string of the molecule is O=C(O)c1cc(NC(=O)C(CNC(=O)c2ccc([N+](=O)[O-])cc2C(=O)NCC23CC4CC(CC(C4)C2)C3)c2ccccc2)cc(C(=O)O)c1. The van der Waals surface area contributed by atoms with E-state index in [0.717, 1.165) is 49.6 Å². The minimum absolute atomic E-state index is 0.000966. The minimum atomic E-state index is -1.38. The maximum atomic E-state index is 13.6. The Morgan fingerprint density at radius 3 is 1.90 bits per heavy atom. The van der Waals surface area contributed by atoms with Crippen molar-refractivity contribution in [1.82, 2.24) is 10.6 Å².